The van der Waals surface area contributed by atoms with Crippen molar-refractivity contribution in [2.45, 2.75) is 36.4 Å². The summed E-state index contributed by atoms with van der Waals surface area (Å²) in [6, 6.07) is 0. The van der Waals surface area contributed by atoms with Crippen molar-refractivity contribution in [2.75, 3.05) is 0 Å². The van der Waals surface area contributed by atoms with Crippen LogP contribution in [0.15, 0.2) is 0 Å². The molecule has 0 unspecified atom stereocenters. The molecule has 0 aliphatic heterocycles. The molecule has 2 bridgehead atoms. The highest BCUT2D eigenvalue weighted by molar-refractivity contribution is 9.10. The van der Waals surface area contributed by atoms with Gasteiger partial charge in [-0.15, -0.1) is 0 Å². The van der Waals surface area contributed by atoms with Crippen LogP contribution in [0.4, 0.5) is 0 Å². The van der Waals surface area contributed by atoms with Gasteiger partial charge in [-0.05, 0) is 25.7 Å². The van der Waals surface area contributed by atoms with Crippen LogP contribution in [0, 0.1) is 5.92 Å². The average molecular weight is 203 g/mol. The zero-order valence-corrected chi connectivity index (χ0v) is 7.49. The Balaban J connectivity index is 2.22. The zero-order chi connectivity index (χ0) is 7.19. The van der Waals surface area contributed by atoms with Crippen LogP contribution in [0.25, 0.3) is 0 Å². The molecule has 10 heavy (non-hydrogen) atoms. The average Bonchev–Trinajstić information content (AvgIpc) is 1.87. The fourth-order valence-corrected chi connectivity index (χ4v) is 2.82. The van der Waals surface area contributed by atoms with Gasteiger partial charge in [-0.1, -0.05) is 15.9 Å². The highest BCUT2D eigenvalue weighted by Crippen LogP contribution is 2.47. The minimum atomic E-state index is 0.221. The molecule has 0 aromatic carbocycles. The molecular weight excluding hydrogens is 192 g/mol. The van der Waals surface area contributed by atoms with Crippen LogP contribution in [0.2, 0.25) is 0 Å². The molecule has 3 aliphatic carbocycles. The van der Waals surface area contributed by atoms with Gasteiger partial charge in [0.1, 0.15) is 5.78 Å². The van der Waals surface area contributed by atoms with E-state index in [1.807, 2.05) is 0 Å². The van der Waals surface area contributed by atoms with E-state index in [-0.39, 0.29) is 4.32 Å². The summed E-state index contributed by atoms with van der Waals surface area (Å²) in [5.41, 5.74) is 0. The van der Waals surface area contributed by atoms with E-state index in [4.69, 9.17) is 0 Å². The summed E-state index contributed by atoms with van der Waals surface area (Å²) >= 11 is 3.65. The minimum absolute atomic E-state index is 0.221. The fraction of sp³-hybridized carbons (Fsp3) is 0.875. The second-order valence-corrected chi connectivity index (χ2v) is 5.25. The number of carbonyl (C=O) groups excluding carboxylic acids is 1. The van der Waals surface area contributed by atoms with Gasteiger partial charge < -0.3 is 0 Å². The molecule has 3 aliphatic rings. The van der Waals surface area contributed by atoms with Crippen LogP contribution < -0.4 is 0 Å². The summed E-state index contributed by atoms with van der Waals surface area (Å²) in [6.07, 6.45) is 5.47. The molecule has 56 valence electrons. The van der Waals surface area contributed by atoms with E-state index < -0.39 is 0 Å². The highest BCUT2D eigenvalue weighted by atomic mass is 79.9. The molecule has 3 saturated carbocycles. The van der Waals surface area contributed by atoms with Crippen molar-refractivity contribution in [3.63, 3.8) is 0 Å². The Hall–Kier alpha value is 0.150. The molecule has 1 nitrogen and oxygen atoms in total. The predicted octanol–water partition coefficient (Wildman–Crippen LogP) is 2.28. The van der Waals surface area contributed by atoms with Crippen LogP contribution in [0.5, 0.6) is 0 Å². The summed E-state index contributed by atoms with van der Waals surface area (Å²) < 4.78 is 0.221. The van der Waals surface area contributed by atoms with Gasteiger partial charge in [0, 0.05) is 16.7 Å². The second-order valence-electron chi connectivity index (χ2n) is 3.57. The Morgan fingerprint density at radius 1 is 1.40 bits per heavy atom. The lowest BCUT2D eigenvalue weighted by atomic mass is 9.70. The number of rotatable bonds is 0. The standard InChI is InChI=1S/C8H11BrO/c9-8-3-1-6(2-4-8)7(10)5-8/h6H,1-5H2. The number of halogens is 1. The Labute approximate surface area is 69.3 Å². The van der Waals surface area contributed by atoms with Gasteiger partial charge in [0.05, 0.1) is 0 Å². The molecule has 0 heterocycles. The zero-order valence-electron chi connectivity index (χ0n) is 5.90. The monoisotopic (exact) mass is 202 g/mol. The van der Waals surface area contributed by atoms with Crippen molar-refractivity contribution in [1.82, 2.24) is 0 Å². The summed E-state index contributed by atoms with van der Waals surface area (Å²) in [7, 11) is 0. The maximum atomic E-state index is 11.2. The summed E-state index contributed by atoms with van der Waals surface area (Å²) in [5, 5.41) is 0. The van der Waals surface area contributed by atoms with E-state index in [0.717, 1.165) is 19.3 Å². The van der Waals surface area contributed by atoms with Crippen molar-refractivity contribution in [2.24, 2.45) is 5.92 Å². The van der Waals surface area contributed by atoms with E-state index in [1.165, 1.54) is 12.8 Å². The molecular formula is C8H11BrO. The fourth-order valence-electron chi connectivity index (χ4n) is 2.09. The van der Waals surface area contributed by atoms with Crippen molar-refractivity contribution >= 4 is 21.7 Å². The third kappa shape index (κ3) is 0.931. The number of hydrogen-bond donors (Lipinski definition) is 0. The number of alkyl halides is 1. The van der Waals surface area contributed by atoms with Crippen LogP contribution in [-0.2, 0) is 4.79 Å². The van der Waals surface area contributed by atoms with Crippen LogP contribution in [-0.4, -0.2) is 10.1 Å². The minimum Gasteiger partial charge on any atom is -0.299 e. The van der Waals surface area contributed by atoms with E-state index in [9.17, 15) is 4.79 Å². The maximum Gasteiger partial charge on any atom is 0.137 e. The van der Waals surface area contributed by atoms with E-state index in [1.54, 1.807) is 0 Å². The van der Waals surface area contributed by atoms with Gasteiger partial charge in [0.25, 0.3) is 0 Å². The largest absolute Gasteiger partial charge is 0.299 e. The summed E-state index contributed by atoms with van der Waals surface area (Å²) in [5.74, 6) is 0.925. The normalized spacial score (nSPS) is 46.1. The molecule has 3 fully saturated rings. The van der Waals surface area contributed by atoms with Crippen molar-refractivity contribution in [3.8, 4) is 0 Å². The Morgan fingerprint density at radius 2 is 2.00 bits per heavy atom. The second kappa shape index (κ2) is 2.07. The van der Waals surface area contributed by atoms with Crippen molar-refractivity contribution in [1.29, 1.82) is 0 Å². The molecule has 0 saturated heterocycles. The molecule has 0 N–H and O–H groups in total. The molecule has 3 rings (SSSR count). The molecule has 0 amide bonds. The SMILES string of the molecule is O=C1CC2(Br)CCC1CC2. The molecule has 0 radical (unpaired) electrons. The number of carbonyl (C=O) groups is 1. The van der Waals surface area contributed by atoms with Crippen molar-refractivity contribution in [3.05, 3.63) is 0 Å². The smallest absolute Gasteiger partial charge is 0.137 e. The first-order valence-electron chi connectivity index (χ1n) is 3.91. The Morgan fingerprint density at radius 3 is 2.30 bits per heavy atom. The lowest BCUT2D eigenvalue weighted by Gasteiger charge is -2.41. The number of ketones is 1. The van der Waals surface area contributed by atoms with Gasteiger partial charge in [-0.25, -0.2) is 0 Å². The highest BCUT2D eigenvalue weighted by Gasteiger charge is 2.43. The van der Waals surface area contributed by atoms with Gasteiger partial charge in [-0.2, -0.15) is 0 Å². The van der Waals surface area contributed by atoms with Crippen molar-refractivity contribution < 1.29 is 4.79 Å². The first-order valence-corrected chi connectivity index (χ1v) is 4.71. The maximum absolute atomic E-state index is 11.2. The molecule has 0 spiro atoms. The van der Waals surface area contributed by atoms with Gasteiger partial charge in [-0.3, -0.25) is 4.79 Å². The molecule has 0 atom stereocenters. The van der Waals surface area contributed by atoms with Crippen LogP contribution >= 0.6 is 15.9 Å². The van der Waals surface area contributed by atoms with Gasteiger partial charge in [0.15, 0.2) is 0 Å². The van der Waals surface area contributed by atoms with E-state index in [2.05, 4.69) is 15.9 Å². The Bertz CT molecular complexity index is 168. The third-order valence-corrected chi connectivity index (χ3v) is 3.90. The van der Waals surface area contributed by atoms with E-state index in [0.29, 0.717) is 11.7 Å². The molecule has 0 aromatic heterocycles. The summed E-state index contributed by atoms with van der Waals surface area (Å²) in [4.78, 5) is 11.2. The first-order chi connectivity index (χ1) is 4.70. The van der Waals surface area contributed by atoms with Crippen LogP contribution in [0.1, 0.15) is 32.1 Å². The summed E-state index contributed by atoms with van der Waals surface area (Å²) in [6.45, 7) is 0. The number of Topliss-reactive ketones (excluding diaryl/α,β-unsaturated/α-hetero) is 1. The lowest BCUT2D eigenvalue weighted by molar-refractivity contribution is -0.127. The van der Waals surface area contributed by atoms with E-state index >= 15 is 0 Å². The van der Waals surface area contributed by atoms with Crippen LogP contribution in [0.3, 0.4) is 0 Å². The molecule has 0 aromatic rings. The Kier molecular flexibility index (Phi) is 1.41. The predicted molar refractivity (Wildman–Crippen MR) is 43.2 cm³/mol. The quantitative estimate of drug-likeness (QED) is 0.552. The third-order valence-electron chi connectivity index (χ3n) is 2.83. The first kappa shape index (κ1) is 6.84. The molecule has 2 heteroatoms. The van der Waals surface area contributed by atoms with Gasteiger partial charge >= 0.3 is 0 Å². The van der Waals surface area contributed by atoms with Gasteiger partial charge in [0.2, 0.25) is 0 Å². The number of fused-ring (bicyclic) bond motifs is 3. The topological polar surface area (TPSA) is 17.1 Å². The number of hydrogen-bond acceptors (Lipinski definition) is 1. The lowest BCUT2D eigenvalue weighted by Crippen LogP contribution is -2.40.